The smallest absolute Gasteiger partial charge is 0.331 e. The van der Waals surface area contributed by atoms with E-state index in [1.807, 2.05) is 42.5 Å². The van der Waals surface area contributed by atoms with Crippen LogP contribution in [0.4, 0.5) is 18.9 Å². The molecule has 7 heteroatoms. The number of hydrogen-bond donors (Lipinski definition) is 2. The van der Waals surface area contributed by atoms with Crippen LogP contribution in [0.3, 0.4) is 0 Å². The summed E-state index contributed by atoms with van der Waals surface area (Å²) in [5, 5.41) is 8.96. The van der Waals surface area contributed by atoms with Crippen molar-refractivity contribution in [2.45, 2.75) is 6.18 Å². The Balaban J connectivity index is 1.66. The van der Waals surface area contributed by atoms with Gasteiger partial charge in [-0.1, -0.05) is 48.5 Å². The molecule has 0 heterocycles. The third-order valence-electron chi connectivity index (χ3n) is 3.64. The Bertz CT molecular complexity index is 962. The van der Waals surface area contributed by atoms with Crippen molar-refractivity contribution in [3.05, 3.63) is 77.9 Å². The zero-order chi connectivity index (χ0) is 18.6. The molecule has 3 aromatic carbocycles. The Labute approximate surface area is 153 Å². The number of halogens is 3. The van der Waals surface area contributed by atoms with Crippen molar-refractivity contribution in [3.63, 3.8) is 0 Å². The first kappa shape index (κ1) is 17.9. The van der Waals surface area contributed by atoms with E-state index in [0.29, 0.717) is 0 Å². The standard InChI is InChI=1S/C19H14F3N3S/c20-19(21,22)15-8-4-9-16(11-15)24-18(26)25-23-12-14-7-3-6-13-5-1-2-10-17(13)14/h1-12H,(H2,24,25,26). The number of nitrogens with zero attached hydrogens (tertiary/aromatic N) is 1. The highest BCUT2D eigenvalue weighted by atomic mass is 32.1. The van der Waals surface area contributed by atoms with Crippen LogP contribution in [0.2, 0.25) is 0 Å². The molecule has 0 spiro atoms. The minimum atomic E-state index is -4.40. The molecule has 26 heavy (non-hydrogen) atoms. The molecule has 0 unspecified atom stereocenters. The molecule has 0 fully saturated rings. The fraction of sp³-hybridized carbons (Fsp3) is 0.0526. The fourth-order valence-electron chi connectivity index (χ4n) is 2.46. The predicted molar refractivity (Wildman–Crippen MR) is 102 cm³/mol. The Morgan fingerprint density at radius 1 is 0.962 bits per heavy atom. The van der Waals surface area contributed by atoms with Crippen LogP contribution < -0.4 is 10.7 Å². The number of thiocarbonyl (C=S) groups is 1. The van der Waals surface area contributed by atoms with Gasteiger partial charge in [-0.05, 0) is 41.2 Å². The zero-order valence-electron chi connectivity index (χ0n) is 13.4. The summed E-state index contributed by atoms with van der Waals surface area (Å²) in [5.74, 6) is 0. The van der Waals surface area contributed by atoms with Crippen LogP contribution in [0.1, 0.15) is 11.1 Å². The van der Waals surface area contributed by atoms with Crippen LogP contribution in [0, 0.1) is 0 Å². The van der Waals surface area contributed by atoms with Gasteiger partial charge in [0.1, 0.15) is 0 Å². The van der Waals surface area contributed by atoms with E-state index in [9.17, 15) is 13.2 Å². The summed E-state index contributed by atoms with van der Waals surface area (Å²) >= 11 is 5.07. The van der Waals surface area contributed by atoms with Gasteiger partial charge in [0, 0.05) is 11.3 Å². The molecule has 3 nitrogen and oxygen atoms in total. The average molecular weight is 373 g/mol. The molecule has 0 radical (unpaired) electrons. The van der Waals surface area contributed by atoms with Crippen molar-refractivity contribution >= 4 is 40.0 Å². The summed E-state index contributed by atoms with van der Waals surface area (Å²) < 4.78 is 38.2. The van der Waals surface area contributed by atoms with E-state index in [1.54, 1.807) is 6.21 Å². The van der Waals surface area contributed by atoms with E-state index in [1.165, 1.54) is 12.1 Å². The number of hydrazone groups is 1. The Morgan fingerprint density at radius 2 is 1.69 bits per heavy atom. The molecule has 0 aliphatic heterocycles. The first-order chi connectivity index (χ1) is 12.4. The SMILES string of the molecule is FC(F)(F)c1cccc(NC(=S)NN=Cc2cccc3ccccc23)c1. The Kier molecular flexibility index (Phi) is 5.18. The van der Waals surface area contributed by atoms with Crippen molar-refractivity contribution in [3.8, 4) is 0 Å². The van der Waals surface area contributed by atoms with Gasteiger partial charge < -0.3 is 5.32 Å². The van der Waals surface area contributed by atoms with E-state index in [4.69, 9.17) is 12.2 Å². The van der Waals surface area contributed by atoms with Crippen molar-refractivity contribution in [2.24, 2.45) is 5.10 Å². The molecule has 3 aromatic rings. The quantitative estimate of drug-likeness (QED) is 0.377. The van der Waals surface area contributed by atoms with Crippen LogP contribution in [0.5, 0.6) is 0 Å². The monoisotopic (exact) mass is 373 g/mol. The van der Waals surface area contributed by atoms with Gasteiger partial charge in [0.15, 0.2) is 5.11 Å². The van der Waals surface area contributed by atoms with E-state index in [0.717, 1.165) is 28.5 Å². The fourth-order valence-corrected chi connectivity index (χ4v) is 2.63. The van der Waals surface area contributed by atoms with Gasteiger partial charge in [0.05, 0.1) is 11.8 Å². The maximum absolute atomic E-state index is 12.7. The second kappa shape index (κ2) is 7.53. The number of hydrogen-bond acceptors (Lipinski definition) is 2. The molecular weight excluding hydrogens is 359 g/mol. The lowest BCUT2D eigenvalue weighted by Gasteiger charge is -2.10. The molecule has 0 atom stereocenters. The van der Waals surface area contributed by atoms with Gasteiger partial charge >= 0.3 is 6.18 Å². The first-order valence-corrected chi connectivity index (χ1v) is 8.09. The summed E-state index contributed by atoms with van der Waals surface area (Å²) in [6, 6.07) is 18.5. The molecule has 0 aliphatic carbocycles. The van der Waals surface area contributed by atoms with E-state index < -0.39 is 11.7 Å². The minimum Gasteiger partial charge on any atom is -0.331 e. The number of benzene rings is 3. The highest BCUT2D eigenvalue weighted by Gasteiger charge is 2.30. The van der Waals surface area contributed by atoms with Gasteiger partial charge in [-0.3, -0.25) is 5.43 Å². The molecule has 0 saturated carbocycles. The zero-order valence-corrected chi connectivity index (χ0v) is 14.2. The minimum absolute atomic E-state index is 0.0980. The van der Waals surface area contributed by atoms with Gasteiger partial charge in [-0.2, -0.15) is 18.3 Å². The number of fused-ring (bicyclic) bond motifs is 1. The van der Waals surface area contributed by atoms with Crippen LogP contribution in [-0.4, -0.2) is 11.3 Å². The molecule has 0 amide bonds. The lowest BCUT2D eigenvalue weighted by molar-refractivity contribution is -0.137. The summed E-state index contributed by atoms with van der Waals surface area (Å²) in [4.78, 5) is 0. The lowest BCUT2D eigenvalue weighted by Crippen LogP contribution is -2.24. The van der Waals surface area contributed by atoms with Gasteiger partial charge in [-0.25, -0.2) is 0 Å². The first-order valence-electron chi connectivity index (χ1n) is 7.68. The maximum atomic E-state index is 12.7. The average Bonchev–Trinajstić information content (AvgIpc) is 2.61. The third kappa shape index (κ3) is 4.37. The van der Waals surface area contributed by atoms with Crippen molar-refractivity contribution in [1.29, 1.82) is 0 Å². The summed E-state index contributed by atoms with van der Waals surface area (Å²) in [6.45, 7) is 0. The predicted octanol–water partition coefficient (Wildman–Crippen LogP) is 5.18. The number of alkyl halides is 3. The Hall–Kier alpha value is -2.93. The van der Waals surface area contributed by atoms with Crippen LogP contribution >= 0.6 is 12.2 Å². The summed E-state index contributed by atoms with van der Waals surface area (Å²) in [7, 11) is 0. The topological polar surface area (TPSA) is 36.4 Å². The molecule has 132 valence electrons. The number of nitrogens with one attached hydrogen (secondary N) is 2. The summed E-state index contributed by atoms with van der Waals surface area (Å²) in [5.41, 5.74) is 3.00. The number of rotatable bonds is 3. The van der Waals surface area contributed by atoms with Crippen LogP contribution in [0.25, 0.3) is 10.8 Å². The molecule has 0 aliphatic rings. The van der Waals surface area contributed by atoms with Gasteiger partial charge in [-0.15, -0.1) is 0 Å². The van der Waals surface area contributed by atoms with E-state index in [-0.39, 0.29) is 10.8 Å². The molecule has 3 rings (SSSR count). The highest BCUT2D eigenvalue weighted by Crippen LogP contribution is 2.30. The molecule has 0 saturated heterocycles. The van der Waals surface area contributed by atoms with Crippen molar-refractivity contribution in [2.75, 3.05) is 5.32 Å². The highest BCUT2D eigenvalue weighted by molar-refractivity contribution is 7.80. The van der Waals surface area contributed by atoms with Crippen molar-refractivity contribution < 1.29 is 13.2 Å². The maximum Gasteiger partial charge on any atom is 0.416 e. The number of anilines is 1. The Morgan fingerprint density at radius 3 is 2.50 bits per heavy atom. The molecular formula is C19H14F3N3S. The normalized spacial score (nSPS) is 11.7. The second-order valence-electron chi connectivity index (χ2n) is 5.47. The summed E-state index contributed by atoms with van der Waals surface area (Å²) in [6.07, 6.45) is -2.79. The van der Waals surface area contributed by atoms with Crippen molar-refractivity contribution in [1.82, 2.24) is 5.43 Å². The molecule has 2 N–H and O–H groups in total. The van der Waals surface area contributed by atoms with E-state index >= 15 is 0 Å². The second-order valence-corrected chi connectivity index (χ2v) is 5.88. The molecule has 0 bridgehead atoms. The largest absolute Gasteiger partial charge is 0.416 e. The van der Waals surface area contributed by atoms with Gasteiger partial charge in [0.25, 0.3) is 0 Å². The van der Waals surface area contributed by atoms with Crippen LogP contribution in [-0.2, 0) is 6.18 Å². The van der Waals surface area contributed by atoms with Crippen LogP contribution in [0.15, 0.2) is 71.8 Å². The molecule has 0 aromatic heterocycles. The van der Waals surface area contributed by atoms with Gasteiger partial charge in [0.2, 0.25) is 0 Å². The lowest BCUT2D eigenvalue weighted by atomic mass is 10.1. The third-order valence-corrected chi connectivity index (χ3v) is 3.83. The van der Waals surface area contributed by atoms with E-state index in [2.05, 4.69) is 15.8 Å².